The minimum absolute atomic E-state index is 0.0190. The smallest absolute Gasteiger partial charge is 0.245 e. The van der Waals surface area contributed by atoms with E-state index in [0.29, 0.717) is 49.3 Å². The quantitative estimate of drug-likeness (QED) is 0.732. The van der Waals surface area contributed by atoms with Gasteiger partial charge < -0.3 is 19.7 Å². The molecule has 0 radical (unpaired) electrons. The summed E-state index contributed by atoms with van der Waals surface area (Å²) in [5, 5.41) is 3.29. The molecule has 166 valence electrons. The second-order valence-corrected chi connectivity index (χ2v) is 9.02. The van der Waals surface area contributed by atoms with E-state index in [2.05, 4.69) is 19.2 Å². The number of likely N-dealkylation sites (tertiary alicyclic amines) is 1. The highest BCUT2D eigenvalue weighted by Gasteiger charge is 2.48. The summed E-state index contributed by atoms with van der Waals surface area (Å²) in [4.78, 5) is 27.8. The normalized spacial score (nSPS) is 29.0. The summed E-state index contributed by atoms with van der Waals surface area (Å²) in [6, 6.07) is 5.87. The van der Waals surface area contributed by atoms with Crippen LogP contribution in [0.3, 0.4) is 0 Å². The van der Waals surface area contributed by atoms with Crippen LogP contribution in [0.2, 0.25) is 0 Å². The molecular weight excluding hydrogens is 380 g/mol. The summed E-state index contributed by atoms with van der Waals surface area (Å²) >= 11 is 0. The van der Waals surface area contributed by atoms with Gasteiger partial charge in [0, 0.05) is 19.0 Å². The average molecular weight is 417 g/mol. The fourth-order valence-electron chi connectivity index (χ4n) is 4.77. The van der Waals surface area contributed by atoms with Crippen molar-refractivity contribution < 1.29 is 19.1 Å². The van der Waals surface area contributed by atoms with E-state index in [1.54, 1.807) is 12.0 Å². The minimum atomic E-state index is -0.830. The summed E-state index contributed by atoms with van der Waals surface area (Å²) in [6.45, 7) is 9.24. The SMILES string of the molecule is CCOc1ccc(CN2C(=O)CC[C@]2(C)C(=O)N[C@@H]2CCC[C@@H](C)[C@@H]2C)cc1OC. The maximum absolute atomic E-state index is 13.3. The van der Waals surface area contributed by atoms with E-state index in [4.69, 9.17) is 9.47 Å². The number of ether oxygens (including phenoxy) is 2. The van der Waals surface area contributed by atoms with Gasteiger partial charge in [-0.3, -0.25) is 9.59 Å². The zero-order valence-electron chi connectivity index (χ0n) is 19.0. The van der Waals surface area contributed by atoms with Crippen molar-refractivity contribution in [1.82, 2.24) is 10.2 Å². The van der Waals surface area contributed by atoms with Crippen LogP contribution in [0.5, 0.6) is 11.5 Å². The molecule has 3 rings (SSSR count). The third-order valence-corrected chi connectivity index (χ3v) is 7.10. The van der Waals surface area contributed by atoms with Gasteiger partial charge in [0.05, 0.1) is 13.7 Å². The van der Waals surface area contributed by atoms with Crippen LogP contribution in [0.1, 0.15) is 65.4 Å². The van der Waals surface area contributed by atoms with Crippen molar-refractivity contribution in [2.75, 3.05) is 13.7 Å². The van der Waals surface area contributed by atoms with Crippen LogP contribution in [0.25, 0.3) is 0 Å². The maximum Gasteiger partial charge on any atom is 0.245 e. The molecule has 4 atom stereocenters. The third-order valence-electron chi connectivity index (χ3n) is 7.10. The number of methoxy groups -OCH3 is 1. The van der Waals surface area contributed by atoms with Crippen LogP contribution < -0.4 is 14.8 Å². The van der Waals surface area contributed by atoms with Gasteiger partial charge in [0.2, 0.25) is 11.8 Å². The summed E-state index contributed by atoms with van der Waals surface area (Å²) in [5.41, 5.74) is 0.0905. The van der Waals surface area contributed by atoms with Gasteiger partial charge >= 0.3 is 0 Å². The third kappa shape index (κ3) is 4.42. The highest BCUT2D eigenvalue weighted by molar-refractivity contribution is 5.94. The minimum Gasteiger partial charge on any atom is -0.493 e. The zero-order valence-corrected chi connectivity index (χ0v) is 19.0. The largest absolute Gasteiger partial charge is 0.493 e. The Morgan fingerprint density at radius 3 is 2.73 bits per heavy atom. The van der Waals surface area contributed by atoms with Crippen molar-refractivity contribution >= 4 is 11.8 Å². The molecule has 2 amide bonds. The van der Waals surface area contributed by atoms with E-state index in [-0.39, 0.29) is 17.9 Å². The Balaban J connectivity index is 1.76. The molecule has 6 nitrogen and oxygen atoms in total. The number of carbonyl (C=O) groups excluding carboxylic acids is 2. The molecule has 2 aliphatic rings. The van der Waals surface area contributed by atoms with Crippen molar-refractivity contribution in [3.8, 4) is 11.5 Å². The molecule has 1 aromatic rings. The van der Waals surface area contributed by atoms with E-state index in [9.17, 15) is 9.59 Å². The standard InChI is InChI=1S/C24H36N2O4/c1-6-30-20-11-10-18(14-21(20)29-5)15-26-22(27)12-13-24(26,4)23(28)25-19-9-7-8-16(2)17(19)3/h10-11,14,16-17,19H,6-9,12-13,15H2,1-5H3,(H,25,28)/t16-,17+,19-,24-/m1/s1. The number of nitrogens with zero attached hydrogens (tertiary/aromatic N) is 1. The Bertz CT molecular complexity index is 780. The first-order chi connectivity index (χ1) is 14.3. The number of amides is 2. The molecule has 1 aliphatic carbocycles. The Morgan fingerprint density at radius 1 is 1.27 bits per heavy atom. The van der Waals surface area contributed by atoms with Crippen molar-refractivity contribution in [2.45, 2.75) is 77.9 Å². The molecule has 0 aromatic heterocycles. The fourth-order valence-corrected chi connectivity index (χ4v) is 4.77. The first-order valence-electron chi connectivity index (χ1n) is 11.2. The van der Waals surface area contributed by atoms with E-state index < -0.39 is 5.54 Å². The molecule has 1 saturated carbocycles. The Kier molecular flexibility index (Phi) is 6.94. The van der Waals surface area contributed by atoms with Gasteiger partial charge in [0.15, 0.2) is 11.5 Å². The molecule has 30 heavy (non-hydrogen) atoms. The Hall–Kier alpha value is -2.24. The van der Waals surface area contributed by atoms with Gasteiger partial charge in [-0.15, -0.1) is 0 Å². The van der Waals surface area contributed by atoms with Crippen LogP contribution in [0, 0.1) is 11.8 Å². The number of nitrogens with one attached hydrogen (secondary N) is 1. The Labute approximate surface area is 180 Å². The van der Waals surface area contributed by atoms with Crippen LogP contribution in [0.4, 0.5) is 0 Å². The van der Waals surface area contributed by atoms with Crippen LogP contribution in [0.15, 0.2) is 18.2 Å². The van der Waals surface area contributed by atoms with Gasteiger partial charge in [-0.1, -0.05) is 32.8 Å². The zero-order chi connectivity index (χ0) is 21.9. The van der Waals surface area contributed by atoms with E-state index in [0.717, 1.165) is 18.4 Å². The van der Waals surface area contributed by atoms with E-state index in [1.165, 1.54) is 6.42 Å². The van der Waals surface area contributed by atoms with Crippen molar-refractivity contribution in [3.05, 3.63) is 23.8 Å². The lowest BCUT2D eigenvalue weighted by Crippen LogP contribution is -2.57. The number of hydrogen-bond acceptors (Lipinski definition) is 4. The monoisotopic (exact) mass is 416 g/mol. The number of rotatable bonds is 7. The lowest BCUT2D eigenvalue weighted by molar-refractivity contribution is -0.142. The summed E-state index contributed by atoms with van der Waals surface area (Å²) < 4.78 is 11.0. The molecule has 6 heteroatoms. The van der Waals surface area contributed by atoms with Gasteiger partial charge in [-0.2, -0.15) is 0 Å². The van der Waals surface area contributed by atoms with E-state index in [1.807, 2.05) is 32.0 Å². The second kappa shape index (κ2) is 9.27. The number of carbonyl (C=O) groups is 2. The van der Waals surface area contributed by atoms with Crippen LogP contribution in [-0.4, -0.2) is 42.0 Å². The molecular formula is C24H36N2O4. The van der Waals surface area contributed by atoms with Gasteiger partial charge in [0.25, 0.3) is 0 Å². The summed E-state index contributed by atoms with van der Waals surface area (Å²) in [7, 11) is 1.60. The molecule has 0 spiro atoms. The first kappa shape index (κ1) is 22.4. The molecule has 1 saturated heterocycles. The Morgan fingerprint density at radius 2 is 2.03 bits per heavy atom. The van der Waals surface area contributed by atoms with Gasteiger partial charge in [0.1, 0.15) is 5.54 Å². The fraction of sp³-hybridized carbons (Fsp3) is 0.667. The molecule has 0 unspecified atom stereocenters. The van der Waals surface area contributed by atoms with Crippen molar-refractivity contribution in [2.24, 2.45) is 11.8 Å². The van der Waals surface area contributed by atoms with Crippen LogP contribution >= 0.6 is 0 Å². The van der Waals surface area contributed by atoms with Crippen LogP contribution in [-0.2, 0) is 16.1 Å². The maximum atomic E-state index is 13.3. The van der Waals surface area contributed by atoms with Crippen molar-refractivity contribution in [3.63, 3.8) is 0 Å². The molecule has 1 heterocycles. The topological polar surface area (TPSA) is 67.9 Å². The molecule has 2 fully saturated rings. The summed E-state index contributed by atoms with van der Waals surface area (Å²) in [5.74, 6) is 2.36. The molecule has 1 N–H and O–H groups in total. The summed E-state index contributed by atoms with van der Waals surface area (Å²) in [6.07, 6.45) is 4.31. The predicted octanol–water partition coefficient (Wildman–Crippen LogP) is 3.92. The highest BCUT2D eigenvalue weighted by Crippen LogP contribution is 2.36. The molecule has 1 aliphatic heterocycles. The molecule has 0 bridgehead atoms. The number of benzene rings is 1. The van der Waals surface area contributed by atoms with Gasteiger partial charge in [-0.05, 0) is 56.2 Å². The first-order valence-corrected chi connectivity index (χ1v) is 11.2. The number of hydrogen-bond donors (Lipinski definition) is 1. The lowest BCUT2D eigenvalue weighted by Gasteiger charge is -2.39. The predicted molar refractivity (Wildman–Crippen MR) is 116 cm³/mol. The van der Waals surface area contributed by atoms with Gasteiger partial charge in [-0.25, -0.2) is 0 Å². The van der Waals surface area contributed by atoms with E-state index >= 15 is 0 Å². The van der Waals surface area contributed by atoms with Crippen molar-refractivity contribution in [1.29, 1.82) is 0 Å². The highest BCUT2D eigenvalue weighted by atomic mass is 16.5. The average Bonchev–Trinajstić information content (AvgIpc) is 3.02. The lowest BCUT2D eigenvalue weighted by atomic mass is 9.77. The molecule has 1 aromatic carbocycles. The second-order valence-electron chi connectivity index (χ2n) is 9.02.